The Bertz CT molecular complexity index is 968. The first-order valence-electron chi connectivity index (χ1n) is 10.5. The van der Waals surface area contributed by atoms with Crippen LogP contribution in [0.3, 0.4) is 0 Å². The average Bonchev–Trinajstić information content (AvgIpc) is 2.74. The summed E-state index contributed by atoms with van der Waals surface area (Å²) in [4.78, 5) is 12.6. The average molecular weight is 449 g/mol. The summed E-state index contributed by atoms with van der Waals surface area (Å²) in [5.74, 6) is 0.573. The largest absolute Gasteiger partial charge is 0.489 e. The molecule has 0 bridgehead atoms. The molecule has 2 aromatic rings. The zero-order chi connectivity index (χ0) is 23.0. The highest BCUT2D eigenvalue weighted by Gasteiger charge is 2.23. The van der Waals surface area contributed by atoms with Crippen molar-refractivity contribution in [2.75, 3.05) is 25.0 Å². The monoisotopic (exact) mass is 448 g/mol. The van der Waals surface area contributed by atoms with Gasteiger partial charge in [0.05, 0.1) is 16.7 Å². The lowest BCUT2D eigenvalue weighted by atomic mass is 10.2. The van der Waals surface area contributed by atoms with Gasteiger partial charge in [0.1, 0.15) is 11.5 Å². The summed E-state index contributed by atoms with van der Waals surface area (Å²) in [7, 11) is -3.67. The zero-order valence-electron chi connectivity index (χ0n) is 18.8. The third kappa shape index (κ3) is 6.70. The summed E-state index contributed by atoms with van der Waals surface area (Å²) < 4.78 is 38.4. The van der Waals surface area contributed by atoms with Crippen molar-refractivity contribution in [2.45, 2.75) is 52.0 Å². The molecule has 0 heterocycles. The number of amides is 1. The van der Waals surface area contributed by atoms with E-state index in [0.29, 0.717) is 24.6 Å². The quantitative estimate of drug-likeness (QED) is 0.560. The summed E-state index contributed by atoms with van der Waals surface area (Å²) in [6.45, 7) is 9.85. The van der Waals surface area contributed by atoms with Crippen LogP contribution in [0.5, 0.6) is 11.5 Å². The summed E-state index contributed by atoms with van der Waals surface area (Å²) in [5, 5.41) is 2.72. The van der Waals surface area contributed by atoms with Crippen molar-refractivity contribution in [3.8, 4) is 11.5 Å². The van der Waals surface area contributed by atoms with Crippen molar-refractivity contribution in [1.82, 2.24) is 4.31 Å². The topological polar surface area (TPSA) is 84.9 Å². The van der Waals surface area contributed by atoms with Gasteiger partial charge in [-0.15, -0.1) is 0 Å². The van der Waals surface area contributed by atoms with Gasteiger partial charge in [-0.2, -0.15) is 4.31 Å². The molecule has 0 saturated carbocycles. The normalized spacial score (nSPS) is 11.6. The smallest absolute Gasteiger partial charge is 0.262 e. The van der Waals surface area contributed by atoms with E-state index in [1.165, 1.54) is 22.0 Å². The standard InChI is InChI=1S/C23H32N2O5S/c1-6-18-9-11-19(12-10-18)29-16-23(26)24-21-15-20(13-14-22(21)30-17(4)5)31(27,28)25(7-2)8-3/h9-15,17H,6-8,16H2,1-5H3,(H,24,26). The summed E-state index contributed by atoms with van der Waals surface area (Å²) in [5.41, 5.74) is 1.47. The lowest BCUT2D eigenvalue weighted by Crippen LogP contribution is -2.30. The van der Waals surface area contributed by atoms with Gasteiger partial charge in [-0.25, -0.2) is 8.42 Å². The molecule has 1 N–H and O–H groups in total. The summed E-state index contributed by atoms with van der Waals surface area (Å²) >= 11 is 0. The number of ether oxygens (including phenoxy) is 2. The number of nitrogens with zero attached hydrogens (tertiary/aromatic N) is 1. The Morgan fingerprint density at radius 1 is 1.03 bits per heavy atom. The van der Waals surface area contributed by atoms with Crippen LogP contribution in [-0.4, -0.2) is 44.4 Å². The fourth-order valence-corrected chi connectivity index (χ4v) is 4.48. The van der Waals surface area contributed by atoms with Crippen LogP contribution < -0.4 is 14.8 Å². The molecule has 7 nitrogen and oxygen atoms in total. The first-order valence-corrected chi connectivity index (χ1v) is 12.0. The Kier molecular flexibility index (Phi) is 8.88. The highest BCUT2D eigenvalue weighted by atomic mass is 32.2. The maximum atomic E-state index is 12.9. The van der Waals surface area contributed by atoms with Crippen LogP contribution in [0, 0.1) is 0 Å². The number of carbonyl (C=O) groups is 1. The number of sulfonamides is 1. The van der Waals surface area contributed by atoms with E-state index in [0.717, 1.165) is 6.42 Å². The van der Waals surface area contributed by atoms with Gasteiger partial charge >= 0.3 is 0 Å². The van der Waals surface area contributed by atoms with Crippen molar-refractivity contribution in [2.24, 2.45) is 0 Å². The maximum absolute atomic E-state index is 12.9. The minimum Gasteiger partial charge on any atom is -0.489 e. The lowest BCUT2D eigenvalue weighted by molar-refractivity contribution is -0.118. The number of hydrogen-bond acceptors (Lipinski definition) is 5. The molecule has 0 fully saturated rings. The van der Waals surface area contributed by atoms with E-state index < -0.39 is 15.9 Å². The van der Waals surface area contributed by atoms with E-state index in [4.69, 9.17) is 9.47 Å². The van der Waals surface area contributed by atoms with Crippen molar-refractivity contribution in [3.05, 3.63) is 48.0 Å². The van der Waals surface area contributed by atoms with Crippen LogP contribution in [-0.2, 0) is 21.2 Å². The molecular weight excluding hydrogens is 416 g/mol. The van der Waals surface area contributed by atoms with Crippen LogP contribution in [0.4, 0.5) is 5.69 Å². The molecule has 0 aliphatic rings. The van der Waals surface area contributed by atoms with Gasteiger partial charge in [0, 0.05) is 13.1 Å². The SMILES string of the molecule is CCc1ccc(OCC(=O)Nc2cc(S(=O)(=O)N(CC)CC)ccc2OC(C)C)cc1. The van der Waals surface area contributed by atoms with E-state index in [2.05, 4.69) is 12.2 Å². The predicted molar refractivity (Wildman–Crippen MR) is 122 cm³/mol. The lowest BCUT2D eigenvalue weighted by Gasteiger charge is -2.20. The van der Waals surface area contributed by atoms with Gasteiger partial charge in [-0.1, -0.05) is 32.9 Å². The molecule has 1 amide bonds. The number of aryl methyl sites for hydroxylation is 1. The van der Waals surface area contributed by atoms with Gasteiger partial charge in [0.15, 0.2) is 6.61 Å². The highest BCUT2D eigenvalue weighted by Crippen LogP contribution is 2.30. The Morgan fingerprint density at radius 2 is 1.68 bits per heavy atom. The van der Waals surface area contributed by atoms with Gasteiger partial charge < -0.3 is 14.8 Å². The zero-order valence-corrected chi connectivity index (χ0v) is 19.7. The first kappa shape index (κ1) is 24.7. The highest BCUT2D eigenvalue weighted by molar-refractivity contribution is 7.89. The fourth-order valence-electron chi connectivity index (χ4n) is 2.99. The molecule has 2 rings (SSSR count). The fraction of sp³-hybridized carbons (Fsp3) is 0.435. The maximum Gasteiger partial charge on any atom is 0.262 e. The Labute approximate surface area is 185 Å². The Balaban J connectivity index is 2.21. The molecule has 0 aromatic heterocycles. The molecule has 0 spiro atoms. The third-order valence-corrected chi connectivity index (χ3v) is 6.68. The van der Waals surface area contributed by atoms with E-state index in [-0.39, 0.29) is 23.3 Å². The molecule has 0 saturated heterocycles. The number of benzene rings is 2. The number of carbonyl (C=O) groups excluding carboxylic acids is 1. The molecule has 0 radical (unpaired) electrons. The summed E-state index contributed by atoms with van der Waals surface area (Å²) in [6, 6.07) is 12.0. The second kappa shape index (κ2) is 11.2. The molecular formula is C23H32N2O5S. The molecule has 0 unspecified atom stereocenters. The van der Waals surface area contributed by atoms with Crippen LogP contribution in [0.1, 0.15) is 40.2 Å². The van der Waals surface area contributed by atoms with E-state index in [1.807, 2.05) is 38.1 Å². The second-order valence-corrected chi connectivity index (χ2v) is 9.19. The van der Waals surface area contributed by atoms with Crippen molar-refractivity contribution in [3.63, 3.8) is 0 Å². The number of rotatable bonds is 11. The van der Waals surface area contributed by atoms with Crippen LogP contribution in [0.25, 0.3) is 0 Å². The predicted octanol–water partition coefficient (Wildman–Crippen LogP) is 4.08. The second-order valence-electron chi connectivity index (χ2n) is 7.25. The van der Waals surface area contributed by atoms with Crippen LogP contribution in [0.2, 0.25) is 0 Å². The number of hydrogen-bond donors (Lipinski definition) is 1. The Hall–Kier alpha value is -2.58. The van der Waals surface area contributed by atoms with Gasteiger partial charge in [-0.05, 0) is 56.2 Å². The van der Waals surface area contributed by atoms with Crippen LogP contribution >= 0.6 is 0 Å². The first-order chi connectivity index (χ1) is 14.7. The van der Waals surface area contributed by atoms with Crippen LogP contribution in [0.15, 0.2) is 47.4 Å². The molecule has 0 aliphatic carbocycles. The molecule has 0 atom stereocenters. The minimum atomic E-state index is -3.67. The van der Waals surface area contributed by atoms with Gasteiger partial charge in [-0.3, -0.25) is 4.79 Å². The third-order valence-electron chi connectivity index (χ3n) is 4.63. The molecule has 170 valence electrons. The van der Waals surface area contributed by atoms with Crippen molar-refractivity contribution < 1.29 is 22.7 Å². The van der Waals surface area contributed by atoms with E-state index in [1.54, 1.807) is 19.9 Å². The molecule has 31 heavy (non-hydrogen) atoms. The van der Waals surface area contributed by atoms with Crippen molar-refractivity contribution in [1.29, 1.82) is 0 Å². The van der Waals surface area contributed by atoms with Crippen molar-refractivity contribution >= 4 is 21.6 Å². The van der Waals surface area contributed by atoms with Gasteiger partial charge in [0.2, 0.25) is 10.0 Å². The number of anilines is 1. The van der Waals surface area contributed by atoms with Gasteiger partial charge in [0.25, 0.3) is 5.91 Å². The minimum absolute atomic E-state index is 0.0960. The van der Waals surface area contributed by atoms with E-state index in [9.17, 15) is 13.2 Å². The molecule has 8 heteroatoms. The Morgan fingerprint density at radius 3 is 2.23 bits per heavy atom. The van der Waals surface area contributed by atoms with E-state index >= 15 is 0 Å². The molecule has 0 aliphatic heterocycles. The molecule has 2 aromatic carbocycles. The number of nitrogens with one attached hydrogen (secondary N) is 1. The summed E-state index contributed by atoms with van der Waals surface area (Å²) in [6.07, 6.45) is 0.779.